The summed E-state index contributed by atoms with van der Waals surface area (Å²) >= 11 is 0. The second-order valence-electron chi connectivity index (χ2n) is 5.99. The van der Waals surface area contributed by atoms with Gasteiger partial charge in [-0.05, 0) is 30.5 Å². The summed E-state index contributed by atoms with van der Waals surface area (Å²) in [6.07, 6.45) is 2.72. The molecule has 1 aromatic rings. The van der Waals surface area contributed by atoms with Crippen molar-refractivity contribution in [1.29, 1.82) is 0 Å². The number of hydrogen-bond donors (Lipinski definition) is 2. The Labute approximate surface area is 126 Å². The summed E-state index contributed by atoms with van der Waals surface area (Å²) in [5, 5.41) is 2.95. The molecule has 0 aromatic heterocycles. The molecule has 1 saturated heterocycles. The molecule has 5 heteroatoms. The molecule has 0 atom stereocenters. The Balaban J connectivity index is 1.43. The Morgan fingerprint density at radius 2 is 1.81 bits per heavy atom. The fourth-order valence-corrected chi connectivity index (χ4v) is 2.85. The monoisotopic (exact) mass is 288 g/mol. The number of nitrogens with one attached hydrogen (secondary N) is 1. The zero-order valence-electron chi connectivity index (χ0n) is 12.4. The van der Waals surface area contributed by atoms with E-state index in [1.54, 1.807) is 0 Å². The molecule has 2 aliphatic rings. The van der Waals surface area contributed by atoms with Crippen molar-refractivity contribution in [2.75, 3.05) is 38.0 Å². The van der Waals surface area contributed by atoms with Crippen LogP contribution in [0.15, 0.2) is 24.3 Å². The molecular formula is C16H24N4O. The number of carbonyl (C=O) groups is 1. The molecule has 0 spiro atoms. The zero-order valence-corrected chi connectivity index (χ0v) is 12.4. The number of benzene rings is 1. The van der Waals surface area contributed by atoms with Crippen molar-refractivity contribution >= 4 is 11.6 Å². The average molecular weight is 288 g/mol. The lowest BCUT2D eigenvalue weighted by Crippen LogP contribution is -2.49. The van der Waals surface area contributed by atoms with E-state index in [9.17, 15) is 4.79 Å². The van der Waals surface area contributed by atoms with Crippen molar-refractivity contribution in [2.45, 2.75) is 25.4 Å². The molecule has 1 aromatic carbocycles. The van der Waals surface area contributed by atoms with Crippen molar-refractivity contribution in [3.63, 3.8) is 0 Å². The summed E-state index contributed by atoms with van der Waals surface area (Å²) in [6, 6.07) is 8.55. The van der Waals surface area contributed by atoms with E-state index >= 15 is 0 Å². The van der Waals surface area contributed by atoms with Crippen molar-refractivity contribution in [3.8, 4) is 0 Å². The summed E-state index contributed by atoms with van der Waals surface area (Å²) in [4.78, 5) is 16.9. The van der Waals surface area contributed by atoms with E-state index in [1.165, 1.54) is 12.8 Å². The van der Waals surface area contributed by atoms with E-state index in [4.69, 9.17) is 5.73 Å². The normalized spacial score (nSPS) is 20.4. The van der Waals surface area contributed by atoms with Crippen LogP contribution < -0.4 is 11.1 Å². The van der Waals surface area contributed by atoms with Crippen LogP contribution in [-0.2, 0) is 11.3 Å². The smallest absolute Gasteiger partial charge is 0.238 e. The Bertz CT molecular complexity index is 476. The van der Waals surface area contributed by atoms with Crippen molar-refractivity contribution in [3.05, 3.63) is 29.8 Å². The van der Waals surface area contributed by atoms with E-state index in [2.05, 4.69) is 15.1 Å². The molecule has 0 bridgehead atoms. The molecule has 1 heterocycles. The standard InChI is InChI=1S/C16H24N4O/c17-11-13-1-3-14(4-2-13)18-16(21)12-19-7-9-20(10-8-19)15-5-6-15/h1-4,15H,5-12,17H2,(H,18,21). The minimum atomic E-state index is 0.0652. The number of anilines is 1. The molecule has 1 aliphatic heterocycles. The van der Waals surface area contributed by atoms with Gasteiger partial charge in [-0.25, -0.2) is 0 Å². The maximum Gasteiger partial charge on any atom is 0.238 e. The number of piperazine rings is 1. The summed E-state index contributed by atoms with van der Waals surface area (Å²) in [5.41, 5.74) is 7.48. The van der Waals surface area contributed by atoms with Crippen LogP contribution in [0.4, 0.5) is 5.69 Å². The molecule has 0 unspecified atom stereocenters. The highest BCUT2D eigenvalue weighted by molar-refractivity contribution is 5.92. The van der Waals surface area contributed by atoms with Crippen molar-refractivity contribution < 1.29 is 4.79 Å². The molecule has 3 N–H and O–H groups in total. The Morgan fingerprint density at radius 1 is 1.14 bits per heavy atom. The Kier molecular flexibility index (Phi) is 4.53. The van der Waals surface area contributed by atoms with Gasteiger partial charge in [0.2, 0.25) is 5.91 Å². The molecule has 1 saturated carbocycles. The maximum atomic E-state index is 12.1. The summed E-state index contributed by atoms with van der Waals surface area (Å²) in [6.45, 7) is 5.20. The summed E-state index contributed by atoms with van der Waals surface area (Å²) < 4.78 is 0. The lowest BCUT2D eigenvalue weighted by molar-refractivity contribution is -0.117. The third kappa shape index (κ3) is 4.03. The van der Waals surface area contributed by atoms with Gasteiger partial charge < -0.3 is 11.1 Å². The van der Waals surface area contributed by atoms with Gasteiger partial charge >= 0.3 is 0 Å². The van der Waals surface area contributed by atoms with Crippen LogP contribution in [0.2, 0.25) is 0 Å². The zero-order chi connectivity index (χ0) is 14.7. The molecule has 1 aliphatic carbocycles. The van der Waals surface area contributed by atoms with Gasteiger partial charge in [0.15, 0.2) is 0 Å². The van der Waals surface area contributed by atoms with Gasteiger partial charge in [-0.15, -0.1) is 0 Å². The van der Waals surface area contributed by atoms with Crippen LogP contribution in [0, 0.1) is 0 Å². The van der Waals surface area contributed by atoms with Gasteiger partial charge in [0.1, 0.15) is 0 Å². The molecule has 3 rings (SSSR count). The van der Waals surface area contributed by atoms with E-state index < -0.39 is 0 Å². The fraction of sp³-hybridized carbons (Fsp3) is 0.562. The van der Waals surface area contributed by atoms with Crippen LogP contribution in [0.3, 0.4) is 0 Å². The van der Waals surface area contributed by atoms with Crippen LogP contribution in [0.5, 0.6) is 0 Å². The van der Waals surface area contributed by atoms with Gasteiger partial charge in [0.05, 0.1) is 6.54 Å². The number of amides is 1. The number of hydrogen-bond acceptors (Lipinski definition) is 4. The van der Waals surface area contributed by atoms with Crippen LogP contribution >= 0.6 is 0 Å². The topological polar surface area (TPSA) is 61.6 Å². The molecule has 114 valence electrons. The first-order valence-corrected chi connectivity index (χ1v) is 7.80. The first-order chi connectivity index (χ1) is 10.2. The predicted octanol–water partition coefficient (Wildman–Crippen LogP) is 0.864. The highest BCUT2D eigenvalue weighted by atomic mass is 16.2. The molecule has 1 amide bonds. The third-order valence-corrected chi connectivity index (χ3v) is 4.31. The van der Waals surface area contributed by atoms with E-state index in [0.717, 1.165) is 43.5 Å². The van der Waals surface area contributed by atoms with E-state index in [1.807, 2.05) is 24.3 Å². The lowest BCUT2D eigenvalue weighted by Gasteiger charge is -2.34. The van der Waals surface area contributed by atoms with Crippen LogP contribution in [0.25, 0.3) is 0 Å². The number of nitrogens with two attached hydrogens (primary N) is 1. The predicted molar refractivity (Wildman–Crippen MR) is 84.0 cm³/mol. The molecule has 2 fully saturated rings. The minimum absolute atomic E-state index is 0.0652. The molecule has 21 heavy (non-hydrogen) atoms. The largest absolute Gasteiger partial charge is 0.326 e. The van der Waals surface area contributed by atoms with Gasteiger partial charge in [-0.2, -0.15) is 0 Å². The number of rotatable bonds is 5. The second kappa shape index (κ2) is 6.56. The van der Waals surface area contributed by atoms with Crippen molar-refractivity contribution in [1.82, 2.24) is 9.80 Å². The number of carbonyl (C=O) groups excluding carboxylic acids is 1. The van der Waals surface area contributed by atoms with Crippen LogP contribution in [0.1, 0.15) is 18.4 Å². The maximum absolute atomic E-state index is 12.1. The summed E-state index contributed by atoms with van der Waals surface area (Å²) in [7, 11) is 0. The molecule has 5 nitrogen and oxygen atoms in total. The highest BCUT2D eigenvalue weighted by Crippen LogP contribution is 2.27. The summed E-state index contributed by atoms with van der Waals surface area (Å²) in [5.74, 6) is 0.0652. The van der Waals surface area contributed by atoms with E-state index in [-0.39, 0.29) is 5.91 Å². The third-order valence-electron chi connectivity index (χ3n) is 4.31. The van der Waals surface area contributed by atoms with Gasteiger partial charge in [0.25, 0.3) is 0 Å². The fourth-order valence-electron chi connectivity index (χ4n) is 2.85. The van der Waals surface area contributed by atoms with Crippen LogP contribution in [-0.4, -0.2) is 54.5 Å². The van der Waals surface area contributed by atoms with Gasteiger partial charge in [0, 0.05) is 44.5 Å². The lowest BCUT2D eigenvalue weighted by atomic mass is 10.2. The minimum Gasteiger partial charge on any atom is -0.326 e. The number of nitrogens with zero attached hydrogens (tertiary/aromatic N) is 2. The Hall–Kier alpha value is -1.43. The molecular weight excluding hydrogens is 264 g/mol. The van der Waals surface area contributed by atoms with Crippen molar-refractivity contribution in [2.24, 2.45) is 5.73 Å². The highest BCUT2D eigenvalue weighted by Gasteiger charge is 2.31. The second-order valence-corrected chi connectivity index (χ2v) is 5.99. The first kappa shape index (κ1) is 14.5. The molecule has 0 radical (unpaired) electrons. The van der Waals surface area contributed by atoms with E-state index in [0.29, 0.717) is 13.1 Å². The Morgan fingerprint density at radius 3 is 2.38 bits per heavy atom. The van der Waals surface area contributed by atoms with Gasteiger partial charge in [-0.1, -0.05) is 12.1 Å². The SMILES string of the molecule is NCc1ccc(NC(=O)CN2CCN(C3CC3)CC2)cc1. The quantitative estimate of drug-likeness (QED) is 0.844. The first-order valence-electron chi connectivity index (χ1n) is 7.80. The average Bonchev–Trinajstić information content (AvgIpc) is 3.33. The van der Waals surface area contributed by atoms with Gasteiger partial charge in [-0.3, -0.25) is 14.6 Å².